The molecule has 0 saturated heterocycles. The second-order valence-electron chi connectivity index (χ2n) is 5.36. The Kier molecular flexibility index (Phi) is 2.29. The number of rotatable bonds is 1. The summed E-state index contributed by atoms with van der Waals surface area (Å²) in [5.74, 6) is 0.627. The van der Waals surface area contributed by atoms with Gasteiger partial charge in [-0.1, -0.05) is 12.8 Å². The lowest BCUT2D eigenvalue weighted by molar-refractivity contribution is -0.120. The average molecular weight is 270 g/mol. The minimum absolute atomic E-state index is 0.0785. The Morgan fingerprint density at radius 2 is 2.00 bits per heavy atom. The van der Waals surface area contributed by atoms with E-state index in [0.717, 1.165) is 42.6 Å². The first-order chi connectivity index (χ1) is 9.77. The molecule has 2 heterocycles. The van der Waals surface area contributed by atoms with E-state index in [4.69, 9.17) is 0 Å². The van der Waals surface area contributed by atoms with Crippen LogP contribution in [0.3, 0.4) is 0 Å². The van der Waals surface area contributed by atoms with E-state index < -0.39 is 5.54 Å². The smallest absolute Gasteiger partial charge is 0.250 e. The molecular weight excluding hydrogens is 256 g/mol. The Labute approximate surface area is 115 Å². The van der Waals surface area contributed by atoms with Crippen molar-refractivity contribution >= 4 is 17.3 Å². The predicted molar refractivity (Wildman–Crippen MR) is 73.1 cm³/mol. The number of H-pyrrole nitrogens is 1. The number of nitrogens with zero attached hydrogens (tertiary/aromatic N) is 3. The number of aromatic nitrogens is 4. The molecule has 20 heavy (non-hydrogen) atoms. The van der Waals surface area contributed by atoms with Crippen LogP contribution in [-0.2, 0) is 4.79 Å². The van der Waals surface area contributed by atoms with Gasteiger partial charge in [0.1, 0.15) is 5.54 Å². The first-order valence-corrected chi connectivity index (χ1v) is 6.74. The summed E-state index contributed by atoms with van der Waals surface area (Å²) in [5.41, 5.74) is 2.16. The maximum absolute atomic E-state index is 12.3. The predicted octanol–water partition coefficient (Wildman–Crippen LogP) is 1.54. The third kappa shape index (κ3) is 1.59. The van der Waals surface area contributed by atoms with Crippen LogP contribution in [0, 0.1) is 0 Å². The van der Waals surface area contributed by atoms with Gasteiger partial charge in [0.05, 0.1) is 11.4 Å². The van der Waals surface area contributed by atoms with Gasteiger partial charge in [0.2, 0.25) is 11.7 Å². The zero-order chi connectivity index (χ0) is 13.6. The summed E-state index contributed by atoms with van der Waals surface area (Å²) in [5, 5.41) is 20.4. The number of fused-ring (bicyclic) bond motifs is 1. The molecule has 2 aliphatic rings. The van der Waals surface area contributed by atoms with Gasteiger partial charge >= 0.3 is 0 Å². The lowest BCUT2D eigenvalue weighted by atomic mass is 9.92. The maximum Gasteiger partial charge on any atom is 0.250 e. The molecule has 1 saturated carbocycles. The van der Waals surface area contributed by atoms with Gasteiger partial charge in [0.15, 0.2) is 0 Å². The topological polar surface area (TPSA) is 95.6 Å². The van der Waals surface area contributed by atoms with E-state index in [1.54, 1.807) is 0 Å². The van der Waals surface area contributed by atoms with Crippen molar-refractivity contribution < 1.29 is 4.79 Å². The fraction of sp³-hybridized carbons (Fsp3) is 0.385. The van der Waals surface area contributed by atoms with Crippen molar-refractivity contribution in [3.63, 3.8) is 0 Å². The molecule has 0 unspecified atom stereocenters. The SMILES string of the molecule is O=C1Nc2ccc(-c3nn[nH]n3)cc2NC12CCCC2. The molecule has 7 nitrogen and oxygen atoms in total. The van der Waals surface area contributed by atoms with Crippen LogP contribution in [0.15, 0.2) is 18.2 Å². The standard InChI is InChI=1S/C13H14N6O/c20-12-13(5-1-2-6-13)15-10-7-8(3-4-9(10)14-12)11-16-18-19-17-11/h3-4,7,15H,1-2,5-6H2,(H,14,20)(H,16,17,18,19). The third-order valence-electron chi connectivity index (χ3n) is 4.14. The quantitative estimate of drug-likeness (QED) is 0.730. The fourth-order valence-electron chi connectivity index (χ4n) is 3.07. The zero-order valence-electron chi connectivity index (χ0n) is 10.8. The third-order valence-corrected chi connectivity index (χ3v) is 4.14. The molecule has 7 heteroatoms. The van der Waals surface area contributed by atoms with Gasteiger partial charge in [-0.2, -0.15) is 5.21 Å². The number of nitrogens with one attached hydrogen (secondary N) is 3. The average Bonchev–Trinajstić information content (AvgIpc) is 3.11. The fourth-order valence-corrected chi connectivity index (χ4v) is 3.07. The van der Waals surface area contributed by atoms with E-state index in [2.05, 4.69) is 31.3 Å². The van der Waals surface area contributed by atoms with Gasteiger partial charge in [-0.15, -0.1) is 10.2 Å². The highest BCUT2D eigenvalue weighted by Crippen LogP contribution is 2.41. The van der Waals surface area contributed by atoms with Gasteiger partial charge in [0, 0.05) is 5.56 Å². The summed E-state index contributed by atoms with van der Waals surface area (Å²) in [6.07, 6.45) is 3.93. The Morgan fingerprint density at radius 3 is 2.75 bits per heavy atom. The van der Waals surface area contributed by atoms with Crippen LogP contribution in [0.4, 0.5) is 11.4 Å². The van der Waals surface area contributed by atoms with Crippen LogP contribution >= 0.6 is 0 Å². The Bertz CT molecular complexity index is 660. The highest BCUT2D eigenvalue weighted by molar-refractivity contribution is 6.06. The van der Waals surface area contributed by atoms with E-state index in [1.807, 2.05) is 18.2 Å². The normalized spacial score (nSPS) is 19.5. The highest BCUT2D eigenvalue weighted by Gasteiger charge is 2.44. The number of tetrazole rings is 1. The van der Waals surface area contributed by atoms with Crippen LogP contribution in [0.25, 0.3) is 11.4 Å². The second kappa shape index (κ2) is 4.03. The summed E-state index contributed by atoms with van der Waals surface area (Å²) in [4.78, 5) is 12.3. The van der Waals surface area contributed by atoms with Crippen molar-refractivity contribution in [1.29, 1.82) is 0 Å². The molecule has 0 atom stereocenters. The van der Waals surface area contributed by atoms with Gasteiger partial charge in [-0.05, 0) is 36.3 Å². The number of carbonyl (C=O) groups excluding carboxylic acids is 1. The van der Waals surface area contributed by atoms with Crippen molar-refractivity contribution in [1.82, 2.24) is 20.6 Å². The van der Waals surface area contributed by atoms with Gasteiger partial charge < -0.3 is 10.6 Å². The zero-order valence-corrected chi connectivity index (χ0v) is 10.8. The number of carbonyl (C=O) groups is 1. The van der Waals surface area contributed by atoms with E-state index in [-0.39, 0.29) is 5.91 Å². The molecule has 2 aromatic rings. The van der Waals surface area contributed by atoms with Crippen LogP contribution in [0.1, 0.15) is 25.7 Å². The minimum atomic E-state index is -0.442. The Balaban J connectivity index is 1.75. The van der Waals surface area contributed by atoms with E-state index >= 15 is 0 Å². The summed E-state index contributed by atoms with van der Waals surface area (Å²) < 4.78 is 0. The lowest BCUT2D eigenvalue weighted by Gasteiger charge is -2.35. The molecule has 4 rings (SSSR count). The first-order valence-electron chi connectivity index (χ1n) is 6.74. The summed E-state index contributed by atoms with van der Waals surface area (Å²) in [7, 11) is 0. The Morgan fingerprint density at radius 1 is 1.15 bits per heavy atom. The van der Waals surface area contributed by atoms with E-state index in [9.17, 15) is 4.79 Å². The molecule has 1 aromatic carbocycles. The number of hydrogen-bond donors (Lipinski definition) is 3. The molecule has 0 radical (unpaired) electrons. The van der Waals surface area contributed by atoms with Gasteiger partial charge in [-0.3, -0.25) is 4.79 Å². The molecule has 1 spiro atoms. The van der Waals surface area contributed by atoms with Crippen molar-refractivity contribution in [2.45, 2.75) is 31.2 Å². The molecule has 1 aliphatic carbocycles. The number of aromatic amines is 1. The van der Waals surface area contributed by atoms with Crippen LogP contribution in [0.2, 0.25) is 0 Å². The molecule has 1 fully saturated rings. The molecular formula is C13H14N6O. The molecule has 1 aromatic heterocycles. The van der Waals surface area contributed by atoms with Gasteiger partial charge in [-0.25, -0.2) is 0 Å². The van der Waals surface area contributed by atoms with E-state index in [0.29, 0.717) is 5.82 Å². The lowest BCUT2D eigenvalue weighted by Crippen LogP contribution is -2.50. The first kappa shape index (κ1) is 11.4. The largest absolute Gasteiger partial charge is 0.369 e. The molecule has 0 bridgehead atoms. The van der Waals surface area contributed by atoms with E-state index in [1.165, 1.54) is 0 Å². The van der Waals surface area contributed by atoms with Crippen molar-refractivity contribution in [2.24, 2.45) is 0 Å². The van der Waals surface area contributed by atoms with Crippen molar-refractivity contribution in [2.75, 3.05) is 10.6 Å². The monoisotopic (exact) mass is 270 g/mol. The van der Waals surface area contributed by atoms with Crippen molar-refractivity contribution in [3.05, 3.63) is 18.2 Å². The van der Waals surface area contributed by atoms with Crippen molar-refractivity contribution in [3.8, 4) is 11.4 Å². The minimum Gasteiger partial charge on any atom is -0.369 e. The molecule has 1 amide bonds. The van der Waals surface area contributed by atoms with Crippen LogP contribution < -0.4 is 10.6 Å². The number of benzene rings is 1. The van der Waals surface area contributed by atoms with Gasteiger partial charge in [0.25, 0.3) is 0 Å². The highest BCUT2D eigenvalue weighted by atomic mass is 16.2. The number of anilines is 2. The second-order valence-corrected chi connectivity index (χ2v) is 5.36. The summed E-state index contributed by atoms with van der Waals surface area (Å²) in [6, 6.07) is 5.70. The Hall–Kier alpha value is -2.44. The molecule has 3 N–H and O–H groups in total. The van der Waals surface area contributed by atoms with Crippen LogP contribution in [-0.4, -0.2) is 32.1 Å². The molecule has 102 valence electrons. The van der Waals surface area contributed by atoms with Crippen LogP contribution in [0.5, 0.6) is 0 Å². The maximum atomic E-state index is 12.3. The number of amides is 1. The number of hydrogen-bond acceptors (Lipinski definition) is 5. The summed E-state index contributed by atoms with van der Waals surface area (Å²) >= 11 is 0. The molecule has 1 aliphatic heterocycles. The summed E-state index contributed by atoms with van der Waals surface area (Å²) in [6.45, 7) is 0.